The van der Waals surface area contributed by atoms with Gasteiger partial charge >= 0.3 is 0 Å². The standard InChI is InChI=1S/C31H35N5O3/c1-6-36-28-12-11-26(21(4)30(28)32-34-36)27(17-29(37)33-39-5)23-10-9-22-13-14-35(18-25(22)16-23)31(38)24-8-7-19(2)20(3)15-24/h7-12,15-16,27H,6,13-14,17-18H2,1-5H3,(H,33,37)/t27-/m0/s1. The van der Waals surface area contributed by atoms with Crippen LogP contribution in [-0.4, -0.2) is 45.4 Å². The molecule has 0 unspecified atom stereocenters. The highest BCUT2D eigenvalue weighted by Gasteiger charge is 2.26. The fourth-order valence-electron chi connectivity index (χ4n) is 5.57. The van der Waals surface area contributed by atoms with Gasteiger partial charge in [-0.15, -0.1) is 5.10 Å². The largest absolute Gasteiger partial charge is 0.334 e. The summed E-state index contributed by atoms with van der Waals surface area (Å²) in [5.41, 5.74) is 12.7. The number of nitrogens with one attached hydrogen (secondary N) is 1. The molecule has 1 atom stereocenters. The third kappa shape index (κ3) is 5.16. The van der Waals surface area contributed by atoms with Crippen LogP contribution in [0.25, 0.3) is 11.0 Å². The Kier molecular flexibility index (Phi) is 7.48. The first kappa shape index (κ1) is 26.6. The van der Waals surface area contributed by atoms with Crippen molar-refractivity contribution in [2.24, 2.45) is 0 Å². The maximum atomic E-state index is 13.4. The van der Waals surface area contributed by atoms with E-state index < -0.39 is 0 Å². The summed E-state index contributed by atoms with van der Waals surface area (Å²) in [5, 5.41) is 8.71. The van der Waals surface area contributed by atoms with Crippen molar-refractivity contribution in [1.29, 1.82) is 0 Å². The van der Waals surface area contributed by atoms with Crippen LogP contribution in [0.2, 0.25) is 0 Å². The average Bonchev–Trinajstić information content (AvgIpc) is 3.37. The van der Waals surface area contributed by atoms with Crippen LogP contribution in [0, 0.1) is 20.8 Å². The minimum Gasteiger partial charge on any atom is -0.334 e. The molecule has 0 aliphatic carbocycles. The second kappa shape index (κ2) is 11.0. The van der Waals surface area contributed by atoms with Crippen molar-refractivity contribution in [3.05, 3.63) is 93.0 Å². The Hall–Kier alpha value is -4.04. The summed E-state index contributed by atoms with van der Waals surface area (Å²) >= 11 is 0. The highest BCUT2D eigenvalue weighted by atomic mass is 16.6. The van der Waals surface area contributed by atoms with Crippen molar-refractivity contribution >= 4 is 22.8 Å². The number of nitrogens with zero attached hydrogens (tertiary/aromatic N) is 4. The molecule has 8 nitrogen and oxygen atoms in total. The first-order valence-electron chi connectivity index (χ1n) is 13.4. The van der Waals surface area contributed by atoms with Gasteiger partial charge in [-0.1, -0.05) is 35.5 Å². The third-order valence-electron chi connectivity index (χ3n) is 7.95. The molecule has 0 fully saturated rings. The number of rotatable bonds is 7. The molecule has 0 spiro atoms. The van der Waals surface area contributed by atoms with Gasteiger partial charge in [-0.05, 0) is 91.3 Å². The van der Waals surface area contributed by atoms with E-state index in [2.05, 4.69) is 47.0 Å². The Morgan fingerprint density at radius 3 is 2.59 bits per heavy atom. The molecule has 5 rings (SSSR count). The second-order valence-corrected chi connectivity index (χ2v) is 10.3. The molecule has 0 saturated carbocycles. The Balaban J connectivity index is 1.50. The molecule has 3 aromatic carbocycles. The van der Waals surface area contributed by atoms with Crippen molar-refractivity contribution in [3.63, 3.8) is 0 Å². The average molecular weight is 526 g/mol. The van der Waals surface area contributed by atoms with Crippen molar-refractivity contribution < 1.29 is 14.4 Å². The van der Waals surface area contributed by atoms with Gasteiger partial charge in [0, 0.05) is 37.5 Å². The fourth-order valence-corrected chi connectivity index (χ4v) is 5.57. The van der Waals surface area contributed by atoms with Crippen LogP contribution in [0.15, 0.2) is 48.5 Å². The predicted octanol–water partition coefficient (Wildman–Crippen LogP) is 4.77. The van der Waals surface area contributed by atoms with Crippen molar-refractivity contribution in [2.75, 3.05) is 13.7 Å². The van der Waals surface area contributed by atoms with E-state index in [4.69, 9.17) is 4.84 Å². The Morgan fingerprint density at radius 2 is 1.85 bits per heavy atom. The number of hydrogen-bond acceptors (Lipinski definition) is 5. The molecule has 1 N–H and O–H groups in total. The molecule has 2 heterocycles. The highest BCUT2D eigenvalue weighted by molar-refractivity contribution is 5.94. The van der Waals surface area contributed by atoms with Crippen molar-refractivity contribution in [3.8, 4) is 0 Å². The molecule has 0 saturated heterocycles. The number of carbonyl (C=O) groups is 2. The minimum absolute atomic E-state index is 0.0467. The minimum atomic E-state index is -0.215. The van der Waals surface area contributed by atoms with Crippen LogP contribution in [0.4, 0.5) is 0 Å². The highest BCUT2D eigenvalue weighted by Crippen LogP contribution is 2.35. The number of aromatic nitrogens is 3. The number of amides is 2. The Bertz CT molecular complexity index is 1560. The molecule has 0 bridgehead atoms. The fraction of sp³-hybridized carbons (Fsp3) is 0.355. The first-order valence-corrected chi connectivity index (χ1v) is 13.4. The van der Waals surface area contributed by atoms with Crippen LogP contribution < -0.4 is 5.48 Å². The Morgan fingerprint density at radius 1 is 1.03 bits per heavy atom. The van der Waals surface area contributed by atoms with Gasteiger partial charge in [0.2, 0.25) is 5.91 Å². The SMILES string of the molecule is CCn1nnc2c(C)c([C@@H](CC(=O)NOC)c3ccc4c(c3)CN(C(=O)c3ccc(C)c(C)c3)CC4)ccc21. The molecule has 1 aliphatic heterocycles. The lowest BCUT2D eigenvalue weighted by atomic mass is 9.83. The molecular formula is C31H35N5O3. The molecule has 8 heteroatoms. The molecule has 39 heavy (non-hydrogen) atoms. The molecule has 1 aliphatic rings. The van der Waals surface area contributed by atoms with E-state index in [-0.39, 0.29) is 24.2 Å². The summed E-state index contributed by atoms with van der Waals surface area (Å²) in [7, 11) is 1.44. The number of carbonyl (C=O) groups excluding carboxylic acids is 2. The van der Waals surface area contributed by atoms with Crippen LogP contribution in [0.1, 0.15) is 68.6 Å². The normalized spacial score (nSPS) is 13.8. The molecular weight excluding hydrogens is 490 g/mol. The molecule has 202 valence electrons. The van der Waals surface area contributed by atoms with E-state index in [1.165, 1.54) is 18.2 Å². The smallest absolute Gasteiger partial charge is 0.254 e. The lowest BCUT2D eigenvalue weighted by Gasteiger charge is -2.30. The topological polar surface area (TPSA) is 89.3 Å². The van der Waals surface area contributed by atoms with Crippen LogP contribution in [0.5, 0.6) is 0 Å². The van der Waals surface area contributed by atoms with Crippen LogP contribution in [-0.2, 0) is 29.1 Å². The van der Waals surface area contributed by atoms with E-state index in [9.17, 15) is 9.59 Å². The van der Waals surface area contributed by atoms with E-state index >= 15 is 0 Å². The molecule has 2 amide bonds. The van der Waals surface area contributed by atoms with Crippen molar-refractivity contribution in [1.82, 2.24) is 25.4 Å². The van der Waals surface area contributed by atoms with Gasteiger partial charge in [0.15, 0.2) is 0 Å². The van der Waals surface area contributed by atoms with E-state index in [1.54, 1.807) is 0 Å². The van der Waals surface area contributed by atoms with E-state index in [0.29, 0.717) is 13.1 Å². The summed E-state index contributed by atoms with van der Waals surface area (Å²) < 4.78 is 1.87. The van der Waals surface area contributed by atoms with Gasteiger partial charge in [0.25, 0.3) is 5.91 Å². The lowest BCUT2D eigenvalue weighted by Crippen LogP contribution is -2.36. The van der Waals surface area contributed by atoms with Gasteiger partial charge in [-0.2, -0.15) is 0 Å². The predicted molar refractivity (Wildman–Crippen MR) is 150 cm³/mol. The summed E-state index contributed by atoms with van der Waals surface area (Å²) in [4.78, 5) is 32.9. The molecule has 0 radical (unpaired) electrons. The third-order valence-corrected chi connectivity index (χ3v) is 7.95. The zero-order valence-corrected chi connectivity index (χ0v) is 23.2. The molecule has 1 aromatic heterocycles. The second-order valence-electron chi connectivity index (χ2n) is 10.3. The first-order chi connectivity index (χ1) is 18.8. The lowest BCUT2D eigenvalue weighted by molar-refractivity contribution is -0.131. The number of benzene rings is 3. The monoisotopic (exact) mass is 525 g/mol. The quantitative estimate of drug-likeness (QED) is 0.351. The number of aryl methyl sites for hydroxylation is 4. The summed E-state index contributed by atoms with van der Waals surface area (Å²) in [5.74, 6) is -0.374. The van der Waals surface area contributed by atoms with E-state index in [1.807, 2.05) is 54.6 Å². The number of fused-ring (bicyclic) bond motifs is 2. The van der Waals surface area contributed by atoms with Gasteiger partial charge < -0.3 is 4.90 Å². The number of hydroxylamine groups is 1. The van der Waals surface area contributed by atoms with Gasteiger partial charge in [-0.25, -0.2) is 10.2 Å². The van der Waals surface area contributed by atoms with Crippen molar-refractivity contribution in [2.45, 2.75) is 59.5 Å². The maximum absolute atomic E-state index is 13.4. The summed E-state index contributed by atoms with van der Waals surface area (Å²) in [6.45, 7) is 10.1. The maximum Gasteiger partial charge on any atom is 0.254 e. The number of hydrogen-bond donors (Lipinski definition) is 1. The van der Waals surface area contributed by atoms with Gasteiger partial charge in [0.1, 0.15) is 5.52 Å². The summed E-state index contributed by atoms with van der Waals surface area (Å²) in [6.07, 6.45) is 1.01. The summed E-state index contributed by atoms with van der Waals surface area (Å²) in [6, 6.07) is 16.4. The van der Waals surface area contributed by atoms with Crippen LogP contribution in [0.3, 0.4) is 0 Å². The molecule has 4 aromatic rings. The van der Waals surface area contributed by atoms with Crippen LogP contribution >= 0.6 is 0 Å². The van der Waals surface area contributed by atoms with Gasteiger partial charge in [0.05, 0.1) is 12.6 Å². The van der Waals surface area contributed by atoms with Gasteiger partial charge in [-0.3, -0.25) is 14.4 Å². The van der Waals surface area contributed by atoms with E-state index in [0.717, 1.165) is 57.4 Å². The zero-order valence-electron chi connectivity index (χ0n) is 23.2. The zero-order chi connectivity index (χ0) is 27.7. The Labute approximate surface area is 228 Å².